The van der Waals surface area contributed by atoms with E-state index in [1.54, 1.807) is 24.4 Å². The largest absolute Gasteiger partial charge is 0.310 e. The number of aromatic nitrogens is 1. The van der Waals surface area contributed by atoms with Gasteiger partial charge in [-0.2, -0.15) is 0 Å². The van der Waals surface area contributed by atoms with E-state index < -0.39 is 0 Å². The van der Waals surface area contributed by atoms with Crippen LogP contribution in [0.5, 0.6) is 0 Å². The highest BCUT2D eigenvalue weighted by atomic mass is 16.2. The van der Waals surface area contributed by atoms with Gasteiger partial charge >= 0.3 is 0 Å². The molecule has 0 unspecified atom stereocenters. The maximum Gasteiger partial charge on any atom is 0.261 e. The van der Waals surface area contributed by atoms with Crippen LogP contribution >= 0.6 is 0 Å². The van der Waals surface area contributed by atoms with E-state index in [-0.39, 0.29) is 24.1 Å². The lowest BCUT2D eigenvalue weighted by Crippen LogP contribution is -2.24. The van der Waals surface area contributed by atoms with Crippen LogP contribution in [0.3, 0.4) is 0 Å². The number of amides is 3. The Morgan fingerprint density at radius 2 is 2.00 bits per heavy atom. The number of pyridine rings is 1. The molecule has 29 heavy (non-hydrogen) atoms. The molecule has 146 valence electrons. The van der Waals surface area contributed by atoms with E-state index in [0.717, 1.165) is 34.6 Å². The maximum absolute atomic E-state index is 12.6. The third kappa shape index (κ3) is 3.59. The Bertz CT molecular complexity index is 1080. The van der Waals surface area contributed by atoms with E-state index in [0.29, 0.717) is 22.5 Å². The van der Waals surface area contributed by atoms with Crippen molar-refractivity contribution in [2.24, 2.45) is 4.99 Å². The highest BCUT2D eigenvalue weighted by molar-refractivity contribution is 6.22. The number of carbonyl (C=O) groups is 3. The molecule has 0 radical (unpaired) electrons. The van der Waals surface area contributed by atoms with Crippen molar-refractivity contribution >= 4 is 35.5 Å². The average molecular weight is 388 g/mol. The first-order chi connectivity index (χ1) is 13.9. The van der Waals surface area contributed by atoms with Crippen LogP contribution < -0.4 is 5.32 Å². The second-order valence-corrected chi connectivity index (χ2v) is 7.15. The molecule has 2 aliphatic heterocycles. The van der Waals surface area contributed by atoms with Crippen molar-refractivity contribution in [1.82, 2.24) is 9.88 Å². The lowest BCUT2D eigenvalue weighted by molar-refractivity contribution is -0.115. The highest BCUT2D eigenvalue weighted by Crippen LogP contribution is 2.27. The van der Waals surface area contributed by atoms with Crippen molar-refractivity contribution in [3.8, 4) is 0 Å². The van der Waals surface area contributed by atoms with Gasteiger partial charge in [-0.05, 0) is 49.1 Å². The molecule has 1 aromatic carbocycles. The summed E-state index contributed by atoms with van der Waals surface area (Å²) >= 11 is 0. The molecule has 0 bridgehead atoms. The van der Waals surface area contributed by atoms with Crippen LogP contribution in [0.2, 0.25) is 0 Å². The smallest absolute Gasteiger partial charge is 0.261 e. The standard InChI is InChI=1S/C22H20N4O3/c1-13-9-15(20-16(10-13)21(28)26(2)22(20)29)11-19(27)25-18-7-6-14(12-24-18)17-5-3-4-8-23-17/h5-10,12H,3-4,11H2,1-2H3,(H,24,25,27). The lowest BCUT2D eigenvalue weighted by atomic mass is 9.97. The predicted molar refractivity (Wildman–Crippen MR) is 110 cm³/mol. The third-order valence-electron chi connectivity index (χ3n) is 4.96. The number of allylic oxidation sites excluding steroid dienone is 1. The number of imide groups is 1. The number of rotatable bonds is 4. The van der Waals surface area contributed by atoms with Crippen molar-refractivity contribution in [2.75, 3.05) is 12.4 Å². The van der Waals surface area contributed by atoms with Crippen LogP contribution in [-0.4, -0.2) is 40.9 Å². The molecule has 2 aliphatic rings. The first kappa shape index (κ1) is 18.7. The summed E-state index contributed by atoms with van der Waals surface area (Å²) in [4.78, 5) is 46.9. The summed E-state index contributed by atoms with van der Waals surface area (Å²) in [5, 5.41) is 2.75. The second-order valence-electron chi connectivity index (χ2n) is 7.15. The Morgan fingerprint density at radius 3 is 2.69 bits per heavy atom. The van der Waals surface area contributed by atoms with Gasteiger partial charge in [0.1, 0.15) is 5.82 Å². The first-order valence-electron chi connectivity index (χ1n) is 9.39. The zero-order chi connectivity index (χ0) is 20.5. The van der Waals surface area contributed by atoms with Crippen LogP contribution in [-0.2, 0) is 11.2 Å². The molecule has 1 N–H and O–H groups in total. The van der Waals surface area contributed by atoms with Crippen LogP contribution in [0.1, 0.15) is 50.2 Å². The summed E-state index contributed by atoms with van der Waals surface area (Å²) in [6, 6.07) is 7.04. The van der Waals surface area contributed by atoms with E-state index in [1.807, 2.05) is 19.2 Å². The fraction of sp³-hybridized carbons (Fsp3) is 0.227. The van der Waals surface area contributed by atoms with E-state index in [4.69, 9.17) is 0 Å². The van der Waals surface area contributed by atoms with Gasteiger partial charge in [-0.25, -0.2) is 4.98 Å². The summed E-state index contributed by atoms with van der Waals surface area (Å²) < 4.78 is 0. The number of hydrogen-bond acceptors (Lipinski definition) is 5. The van der Waals surface area contributed by atoms with Crippen LogP contribution in [0.4, 0.5) is 5.82 Å². The number of carbonyl (C=O) groups excluding carboxylic acids is 3. The topological polar surface area (TPSA) is 91.7 Å². The Hall–Kier alpha value is -3.61. The van der Waals surface area contributed by atoms with Crippen molar-refractivity contribution < 1.29 is 14.4 Å². The molecular weight excluding hydrogens is 368 g/mol. The summed E-state index contributed by atoms with van der Waals surface area (Å²) in [6.45, 7) is 1.83. The third-order valence-corrected chi connectivity index (χ3v) is 4.96. The molecule has 0 fully saturated rings. The number of hydrogen-bond donors (Lipinski definition) is 1. The number of aliphatic imine (C=N–C) groups is 1. The number of benzene rings is 1. The van der Waals surface area contributed by atoms with Crippen molar-refractivity contribution in [2.45, 2.75) is 26.2 Å². The van der Waals surface area contributed by atoms with Crippen molar-refractivity contribution in [3.63, 3.8) is 0 Å². The van der Waals surface area contributed by atoms with Gasteiger partial charge < -0.3 is 5.32 Å². The molecule has 3 heterocycles. The van der Waals surface area contributed by atoms with Crippen molar-refractivity contribution in [3.05, 3.63) is 64.4 Å². The molecule has 0 saturated heterocycles. The Morgan fingerprint density at radius 1 is 1.17 bits per heavy atom. The average Bonchev–Trinajstić information content (AvgIpc) is 2.93. The molecule has 0 aliphatic carbocycles. The molecule has 4 rings (SSSR count). The summed E-state index contributed by atoms with van der Waals surface area (Å²) in [7, 11) is 1.45. The number of aryl methyl sites for hydroxylation is 1. The first-order valence-corrected chi connectivity index (χ1v) is 9.39. The van der Waals surface area contributed by atoms with Gasteiger partial charge in [0.25, 0.3) is 11.8 Å². The van der Waals surface area contributed by atoms with Gasteiger partial charge in [0, 0.05) is 25.0 Å². The summed E-state index contributed by atoms with van der Waals surface area (Å²) in [5.41, 5.74) is 3.80. The minimum Gasteiger partial charge on any atom is -0.310 e. The lowest BCUT2D eigenvalue weighted by Gasteiger charge is -2.10. The fourth-order valence-corrected chi connectivity index (χ4v) is 3.54. The zero-order valence-corrected chi connectivity index (χ0v) is 16.2. The van der Waals surface area contributed by atoms with Gasteiger partial charge in [-0.15, -0.1) is 0 Å². The molecule has 0 spiro atoms. The van der Waals surface area contributed by atoms with Crippen LogP contribution in [0, 0.1) is 6.92 Å². The zero-order valence-electron chi connectivity index (χ0n) is 16.2. The van der Waals surface area contributed by atoms with Crippen molar-refractivity contribution in [1.29, 1.82) is 0 Å². The van der Waals surface area contributed by atoms with Gasteiger partial charge in [-0.1, -0.05) is 12.1 Å². The molecule has 0 atom stereocenters. The van der Waals surface area contributed by atoms with Gasteiger partial charge in [0.2, 0.25) is 5.91 Å². The molecule has 1 aromatic heterocycles. The molecule has 2 aromatic rings. The number of fused-ring (bicyclic) bond motifs is 1. The number of nitrogens with zero attached hydrogens (tertiary/aromatic N) is 3. The molecular formula is C22H20N4O3. The quantitative estimate of drug-likeness (QED) is 0.815. The fourth-order valence-electron chi connectivity index (χ4n) is 3.54. The highest BCUT2D eigenvalue weighted by Gasteiger charge is 2.35. The van der Waals surface area contributed by atoms with E-state index in [9.17, 15) is 14.4 Å². The summed E-state index contributed by atoms with van der Waals surface area (Å²) in [5.74, 6) is -0.602. The second kappa shape index (κ2) is 7.43. The summed E-state index contributed by atoms with van der Waals surface area (Å²) in [6.07, 6.45) is 7.49. The molecule has 7 heteroatoms. The van der Waals surface area contributed by atoms with Crippen LogP contribution in [0.15, 0.2) is 41.5 Å². The molecule has 3 amide bonds. The molecule has 7 nitrogen and oxygen atoms in total. The Labute approximate surface area is 168 Å². The maximum atomic E-state index is 12.6. The predicted octanol–water partition coefficient (Wildman–Crippen LogP) is 3.00. The normalized spacial score (nSPS) is 15.4. The number of nitrogens with one attached hydrogen (secondary N) is 1. The van der Waals surface area contributed by atoms with E-state index in [2.05, 4.69) is 21.4 Å². The minimum absolute atomic E-state index is 0.0181. The Balaban J connectivity index is 1.51. The minimum atomic E-state index is -0.378. The van der Waals surface area contributed by atoms with Gasteiger partial charge in [0.15, 0.2) is 0 Å². The Kier molecular flexibility index (Phi) is 4.80. The molecule has 0 saturated carbocycles. The van der Waals surface area contributed by atoms with Gasteiger partial charge in [0.05, 0.1) is 23.2 Å². The van der Waals surface area contributed by atoms with E-state index >= 15 is 0 Å². The van der Waals surface area contributed by atoms with Gasteiger partial charge in [-0.3, -0.25) is 24.3 Å². The number of anilines is 1. The monoisotopic (exact) mass is 388 g/mol. The van der Waals surface area contributed by atoms with E-state index in [1.165, 1.54) is 7.05 Å². The van der Waals surface area contributed by atoms with Crippen LogP contribution in [0.25, 0.3) is 5.70 Å². The SMILES string of the molecule is Cc1cc(CC(=O)Nc2ccc(C3=CCCC=N3)cn2)c2c(c1)C(=O)N(C)C2=O.